The molecule has 0 saturated carbocycles. The molecule has 7 heteroatoms. The van der Waals surface area contributed by atoms with Gasteiger partial charge >= 0.3 is 0 Å². The second kappa shape index (κ2) is 8.15. The van der Waals surface area contributed by atoms with Crippen LogP contribution in [0.25, 0.3) is 0 Å². The quantitative estimate of drug-likeness (QED) is 0.855. The van der Waals surface area contributed by atoms with E-state index in [1.807, 2.05) is 0 Å². The molecule has 0 radical (unpaired) electrons. The Hall–Kier alpha value is -0.820. The molecule has 22 heavy (non-hydrogen) atoms. The van der Waals surface area contributed by atoms with Crippen molar-refractivity contribution >= 4 is 22.4 Å². The molecule has 0 amide bonds. The molecule has 0 aromatic heterocycles. The van der Waals surface area contributed by atoms with Crippen LogP contribution in [0.2, 0.25) is 0 Å². The lowest BCUT2D eigenvalue weighted by Gasteiger charge is -2.23. The standard InChI is InChI=1S/C15H24N2O3S.ClH/c1-12(2)11-20-14-4-6-15(7-5-14)21(18,19)17(3)13-8-9-16-10-13;/h4-7,12-13,16H,8-11H2,1-3H3;1H. The molecular weight excluding hydrogens is 324 g/mol. The predicted molar refractivity (Wildman–Crippen MR) is 90.2 cm³/mol. The molecule has 1 atom stereocenters. The molecular formula is C15H25ClN2O3S. The van der Waals surface area contributed by atoms with E-state index in [0.717, 1.165) is 13.0 Å². The van der Waals surface area contributed by atoms with Crippen molar-refractivity contribution in [1.29, 1.82) is 0 Å². The highest BCUT2D eigenvalue weighted by molar-refractivity contribution is 7.89. The number of rotatable bonds is 6. The molecule has 1 N–H and O–H groups in total. The van der Waals surface area contributed by atoms with Gasteiger partial charge in [-0.05, 0) is 43.1 Å². The Morgan fingerprint density at radius 2 is 1.95 bits per heavy atom. The van der Waals surface area contributed by atoms with E-state index in [4.69, 9.17) is 4.74 Å². The Balaban J connectivity index is 0.00000242. The van der Waals surface area contributed by atoms with E-state index in [1.54, 1.807) is 31.3 Å². The Labute approximate surface area is 139 Å². The maximum absolute atomic E-state index is 12.6. The Morgan fingerprint density at radius 3 is 2.45 bits per heavy atom. The zero-order valence-electron chi connectivity index (χ0n) is 13.3. The molecule has 5 nitrogen and oxygen atoms in total. The van der Waals surface area contributed by atoms with Crippen LogP contribution in [0.3, 0.4) is 0 Å². The van der Waals surface area contributed by atoms with Crippen LogP contribution < -0.4 is 10.1 Å². The predicted octanol–water partition coefficient (Wildman–Crippen LogP) is 2.13. The van der Waals surface area contributed by atoms with Crippen LogP contribution in [0.4, 0.5) is 0 Å². The van der Waals surface area contributed by atoms with Crippen molar-refractivity contribution in [3.8, 4) is 5.75 Å². The second-order valence-corrected chi connectivity index (χ2v) is 7.84. The first-order valence-corrected chi connectivity index (χ1v) is 8.77. The van der Waals surface area contributed by atoms with Crippen LogP contribution >= 0.6 is 12.4 Å². The second-order valence-electron chi connectivity index (χ2n) is 5.84. The maximum atomic E-state index is 12.6. The average Bonchev–Trinajstić information content (AvgIpc) is 2.98. The van der Waals surface area contributed by atoms with Gasteiger partial charge in [0.05, 0.1) is 11.5 Å². The van der Waals surface area contributed by atoms with E-state index < -0.39 is 10.0 Å². The van der Waals surface area contributed by atoms with Gasteiger partial charge in [0, 0.05) is 19.6 Å². The largest absolute Gasteiger partial charge is 0.493 e. The van der Waals surface area contributed by atoms with E-state index in [0.29, 0.717) is 29.7 Å². The van der Waals surface area contributed by atoms with Crippen molar-refractivity contribution in [3.05, 3.63) is 24.3 Å². The SMILES string of the molecule is CC(C)COc1ccc(S(=O)(=O)N(C)C2CCNC2)cc1.Cl. The molecule has 0 bridgehead atoms. The fourth-order valence-electron chi connectivity index (χ4n) is 2.28. The zero-order valence-corrected chi connectivity index (χ0v) is 14.9. The van der Waals surface area contributed by atoms with Gasteiger partial charge in [-0.15, -0.1) is 12.4 Å². The fraction of sp³-hybridized carbons (Fsp3) is 0.600. The van der Waals surface area contributed by atoms with Gasteiger partial charge < -0.3 is 10.1 Å². The highest BCUT2D eigenvalue weighted by Crippen LogP contribution is 2.22. The zero-order chi connectivity index (χ0) is 15.5. The topological polar surface area (TPSA) is 58.6 Å². The lowest BCUT2D eigenvalue weighted by Crippen LogP contribution is -2.38. The number of nitrogens with zero attached hydrogens (tertiary/aromatic N) is 1. The molecule has 1 unspecified atom stereocenters. The average molecular weight is 349 g/mol. The lowest BCUT2D eigenvalue weighted by molar-refractivity contribution is 0.271. The molecule has 1 aliphatic rings. The monoisotopic (exact) mass is 348 g/mol. The smallest absolute Gasteiger partial charge is 0.243 e. The molecule has 126 valence electrons. The van der Waals surface area contributed by atoms with Gasteiger partial charge in [-0.3, -0.25) is 0 Å². The van der Waals surface area contributed by atoms with Crippen molar-refractivity contribution < 1.29 is 13.2 Å². The third-order valence-corrected chi connectivity index (χ3v) is 5.56. The number of nitrogens with one attached hydrogen (secondary N) is 1. The van der Waals surface area contributed by atoms with Crippen LogP contribution in [0.5, 0.6) is 5.75 Å². The maximum Gasteiger partial charge on any atom is 0.243 e. The van der Waals surface area contributed by atoms with Gasteiger partial charge in [0.1, 0.15) is 5.75 Å². The summed E-state index contributed by atoms with van der Waals surface area (Å²) in [5, 5.41) is 3.19. The number of ether oxygens (including phenoxy) is 1. The van der Waals surface area contributed by atoms with E-state index >= 15 is 0 Å². The van der Waals surface area contributed by atoms with Crippen LogP contribution in [0, 0.1) is 5.92 Å². The molecule has 2 rings (SSSR count). The van der Waals surface area contributed by atoms with Gasteiger partial charge in [0.25, 0.3) is 0 Å². The summed E-state index contributed by atoms with van der Waals surface area (Å²) in [5.41, 5.74) is 0. The van der Waals surface area contributed by atoms with E-state index in [2.05, 4.69) is 19.2 Å². The highest BCUT2D eigenvalue weighted by atomic mass is 35.5. The summed E-state index contributed by atoms with van der Waals surface area (Å²) < 4.78 is 32.2. The number of halogens is 1. The molecule has 1 saturated heterocycles. The molecule has 1 aromatic rings. The highest BCUT2D eigenvalue weighted by Gasteiger charge is 2.29. The summed E-state index contributed by atoms with van der Waals surface area (Å²) >= 11 is 0. The summed E-state index contributed by atoms with van der Waals surface area (Å²) in [7, 11) is -1.78. The summed E-state index contributed by atoms with van der Waals surface area (Å²) in [5.74, 6) is 1.14. The number of benzene rings is 1. The molecule has 1 heterocycles. The van der Waals surface area contributed by atoms with Crippen LogP contribution in [0.1, 0.15) is 20.3 Å². The molecule has 1 fully saturated rings. The third-order valence-electron chi connectivity index (χ3n) is 3.63. The Kier molecular flexibility index (Phi) is 7.12. The van der Waals surface area contributed by atoms with Crippen molar-refractivity contribution in [1.82, 2.24) is 9.62 Å². The first-order valence-electron chi connectivity index (χ1n) is 7.33. The van der Waals surface area contributed by atoms with Crippen molar-refractivity contribution in [2.75, 3.05) is 26.7 Å². The van der Waals surface area contributed by atoms with Crippen LogP contribution in [-0.2, 0) is 10.0 Å². The number of likely N-dealkylation sites (N-methyl/N-ethyl adjacent to an activating group) is 1. The number of sulfonamides is 1. The van der Waals surface area contributed by atoms with Crippen molar-refractivity contribution in [2.45, 2.75) is 31.2 Å². The number of hydrogen-bond donors (Lipinski definition) is 1. The molecule has 1 aliphatic heterocycles. The fourth-order valence-corrected chi connectivity index (χ4v) is 3.67. The lowest BCUT2D eigenvalue weighted by atomic mass is 10.2. The van der Waals surface area contributed by atoms with Crippen molar-refractivity contribution in [3.63, 3.8) is 0 Å². The molecule has 1 aromatic carbocycles. The summed E-state index contributed by atoms with van der Waals surface area (Å²) in [4.78, 5) is 0.314. The van der Waals surface area contributed by atoms with Crippen LogP contribution in [0.15, 0.2) is 29.2 Å². The molecule has 0 spiro atoms. The van der Waals surface area contributed by atoms with Crippen molar-refractivity contribution in [2.24, 2.45) is 5.92 Å². The van der Waals surface area contributed by atoms with E-state index in [1.165, 1.54) is 4.31 Å². The van der Waals surface area contributed by atoms with Gasteiger partial charge in [-0.1, -0.05) is 13.8 Å². The van der Waals surface area contributed by atoms with Gasteiger partial charge in [-0.25, -0.2) is 8.42 Å². The third kappa shape index (κ3) is 4.59. The van der Waals surface area contributed by atoms with Gasteiger partial charge in [0.2, 0.25) is 10.0 Å². The van der Waals surface area contributed by atoms with Gasteiger partial charge in [-0.2, -0.15) is 4.31 Å². The molecule has 0 aliphatic carbocycles. The minimum atomic E-state index is -3.43. The summed E-state index contributed by atoms with van der Waals surface area (Å²) in [6.07, 6.45) is 0.852. The minimum absolute atomic E-state index is 0. The summed E-state index contributed by atoms with van der Waals surface area (Å²) in [6, 6.07) is 6.70. The van der Waals surface area contributed by atoms with Gasteiger partial charge in [0.15, 0.2) is 0 Å². The normalized spacial score (nSPS) is 18.5. The Morgan fingerprint density at radius 1 is 1.32 bits per heavy atom. The number of hydrogen-bond acceptors (Lipinski definition) is 4. The Bertz CT molecular complexity index is 555. The minimum Gasteiger partial charge on any atom is -0.493 e. The first-order chi connectivity index (χ1) is 9.91. The summed E-state index contributed by atoms with van der Waals surface area (Å²) in [6.45, 7) is 6.35. The van der Waals surface area contributed by atoms with E-state index in [-0.39, 0.29) is 18.4 Å². The van der Waals surface area contributed by atoms with Crippen LogP contribution in [-0.4, -0.2) is 45.5 Å². The van der Waals surface area contributed by atoms with E-state index in [9.17, 15) is 8.42 Å². The first kappa shape index (κ1) is 19.2.